The summed E-state index contributed by atoms with van der Waals surface area (Å²) in [5.74, 6) is 0.00634. The third-order valence-corrected chi connectivity index (χ3v) is 2.06. The number of carbonyl (C=O) groups is 1. The maximum absolute atomic E-state index is 10.9. The summed E-state index contributed by atoms with van der Waals surface area (Å²) in [6.07, 6.45) is 3.81. The lowest BCUT2D eigenvalue weighted by molar-refractivity contribution is -0.116. The van der Waals surface area contributed by atoms with E-state index in [-0.39, 0.29) is 12.2 Å². The Bertz CT molecular complexity index is 228. The molecule has 2 heteroatoms. The summed E-state index contributed by atoms with van der Waals surface area (Å²) < 4.78 is 0. The van der Waals surface area contributed by atoms with Crippen LogP contribution >= 0.6 is 0 Å². The predicted molar refractivity (Wildman–Crippen MR) is 43.1 cm³/mol. The van der Waals surface area contributed by atoms with Crippen LogP contribution in [-0.4, -0.2) is 16.5 Å². The molecule has 2 nitrogen and oxygen atoms in total. The van der Waals surface area contributed by atoms with Crippen molar-refractivity contribution in [2.75, 3.05) is 0 Å². The van der Waals surface area contributed by atoms with Gasteiger partial charge >= 0.3 is 0 Å². The highest BCUT2D eigenvalue weighted by Crippen LogP contribution is 2.30. The summed E-state index contributed by atoms with van der Waals surface area (Å²) in [4.78, 5) is 10.9. The molecule has 0 aromatic carbocycles. The molecule has 1 N–H and O–H groups in total. The number of carbonyl (C=O) groups excluding carboxylic acids is 1. The molecule has 1 unspecified atom stereocenters. The summed E-state index contributed by atoms with van der Waals surface area (Å²) in [5.41, 5.74) is -0.179. The number of aliphatic hydroxyl groups is 1. The van der Waals surface area contributed by atoms with Gasteiger partial charge in [-0.25, -0.2) is 0 Å². The minimum absolute atomic E-state index is 0.00634. The van der Waals surface area contributed by atoms with Crippen LogP contribution in [0.15, 0.2) is 24.3 Å². The van der Waals surface area contributed by atoms with E-state index in [4.69, 9.17) is 0 Å². The summed E-state index contributed by atoms with van der Waals surface area (Å²) in [6.45, 7) is 5.30. The number of hydrogen-bond donors (Lipinski definition) is 1. The fourth-order valence-electron chi connectivity index (χ4n) is 1.33. The molecule has 60 valence electrons. The zero-order valence-electron chi connectivity index (χ0n) is 6.63. The van der Waals surface area contributed by atoms with Crippen LogP contribution in [0.4, 0.5) is 0 Å². The van der Waals surface area contributed by atoms with Gasteiger partial charge in [-0.05, 0) is 25.0 Å². The maximum Gasteiger partial charge on any atom is 0.158 e. The Kier molecular flexibility index (Phi) is 1.96. The first-order valence-electron chi connectivity index (χ1n) is 3.63. The summed E-state index contributed by atoms with van der Waals surface area (Å²) in [7, 11) is 0. The molecule has 0 radical (unpaired) electrons. The van der Waals surface area contributed by atoms with Gasteiger partial charge in [0.25, 0.3) is 0 Å². The molecule has 0 amide bonds. The van der Waals surface area contributed by atoms with E-state index in [9.17, 15) is 9.90 Å². The van der Waals surface area contributed by atoms with E-state index in [2.05, 4.69) is 6.58 Å². The van der Waals surface area contributed by atoms with Gasteiger partial charge in [-0.3, -0.25) is 4.79 Å². The minimum atomic E-state index is -0.932. The van der Waals surface area contributed by atoms with Crippen molar-refractivity contribution < 1.29 is 9.90 Å². The van der Waals surface area contributed by atoms with Gasteiger partial charge in [-0.1, -0.05) is 6.08 Å². The number of hydrogen-bond acceptors (Lipinski definition) is 2. The zero-order chi connectivity index (χ0) is 8.48. The standard InChI is InChI=1S/C9H12O2/c1-3-4-9(11)6-8(10)5-7(9)2/h3,5,11H,1,4,6H2,2H3. The lowest BCUT2D eigenvalue weighted by atomic mass is 9.93. The molecule has 0 saturated carbocycles. The summed E-state index contributed by atoms with van der Waals surface area (Å²) in [5, 5.41) is 9.77. The van der Waals surface area contributed by atoms with E-state index in [1.807, 2.05) is 0 Å². The van der Waals surface area contributed by atoms with Crippen molar-refractivity contribution in [3.05, 3.63) is 24.3 Å². The third-order valence-electron chi connectivity index (χ3n) is 2.06. The molecule has 0 aromatic heterocycles. The van der Waals surface area contributed by atoms with Crippen LogP contribution in [0.25, 0.3) is 0 Å². The van der Waals surface area contributed by atoms with Crippen LogP contribution < -0.4 is 0 Å². The highest BCUT2D eigenvalue weighted by atomic mass is 16.3. The van der Waals surface area contributed by atoms with Crippen molar-refractivity contribution in [1.29, 1.82) is 0 Å². The molecule has 11 heavy (non-hydrogen) atoms. The second-order valence-electron chi connectivity index (χ2n) is 2.99. The second-order valence-corrected chi connectivity index (χ2v) is 2.99. The van der Waals surface area contributed by atoms with Gasteiger partial charge in [0.2, 0.25) is 0 Å². The largest absolute Gasteiger partial charge is 0.385 e. The van der Waals surface area contributed by atoms with Crippen LogP contribution in [0.2, 0.25) is 0 Å². The SMILES string of the molecule is C=CCC1(O)CC(=O)C=C1C. The van der Waals surface area contributed by atoms with Gasteiger partial charge in [0.05, 0.1) is 5.60 Å². The van der Waals surface area contributed by atoms with Crippen molar-refractivity contribution in [3.63, 3.8) is 0 Å². The maximum atomic E-state index is 10.9. The smallest absolute Gasteiger partial charge is 0.158 e. The van der Waals surface area contributed by atoms with Gasteiger partial charge in [0.15, 0.2) is 5.78 Å². The molecule has 0 aromatic rings. The Labute approximate surface area is 66.2 Å². The van der Waals surface area contributed by atoms with Crippen molar-refractivity contribution in [2.45, 2.75) is 25.4 Å². The molecule has 1 atom stereocenters. The second kappa shape index (κ2) is 2.62. The molecule has 0 bridgehead atoms. The Morgan fingerprint density at radius 3 is 2.91 bits per heavy atom. The van der Waals surface area contributed by atoms with Crippen molar-refractivity contribution in [2.24, 2.45) is 0 Å². The van der Waals surface area contributed by atoms with Crippen molar-refractivity contribution in [3.8, 4) is 0 Å². The van der Waals surface area contributed by atoms with Crippen LogP contribution in [0, 0.1) is 0 Å². The molecule has 1 rings (SSSR count). The summed E-state index contributed by atoms with van der Waals surface area (Å²) >= 11 is 0. The minimum Gasteiger partial charge on any atom is -0.385 e. The van der Waals surface area contributed by atoms with E-state index in [1.165, 1.54) is 6.08 Å². The fraction of sp³-hybridized carbons (Fsp3) is 0.444. The van der Waals surface area contributed by atoms with Gasteiger partial charge in [0, 0.05) is 6.42 Å². The third kappa shape index (κ3) is 1.40. The molecule has 1 aliphatic rings. The summed E-state index contributed by atoms with van der Waals surface area (Å²) in [6, 6.07) is 0. The van der Waals surface area contributed by atoms with Crippen LogP contribution in [0.5, 0.6) is 0 Å². The zero-order valence-corrected chi connectivity index (χ0v) is 6.63. The van der Waals surface area contributed by atoms with Crippen LogP contribution in [-0.2, 0) is 4.79 Å². The highest BCUT2D eigenvalue weighted by Gasteiger charge is 2.35. The number of rotatable bonds is 2. The van der Waals surface area contributed by atoms with Gasteiger partial charge < -0.3 is 5.11 Å². The predicted octanol–water partition coefficient (Wildman–Crippen LogP) is 1.21. The van der Waals surface area contributed by atoms with Gasteiger partial charge in [0.1, 0.15) is 0 Å². The van der Waals surface area contributed by atoms with Gasteiger partial charge in [-0.15, -0.1) is 6.58 Å². The van der Waals surface area contributed by atoms with Crippen molar-refractivity contribution in [1.82, 2.24) is 0 Å². The van der Waals surface area contributed by atoms with E-state index in [0.29, 0.717) is 6.42 Å². The van der Waals surface area contributed by atoms with Crippen molar-refractivity contribution >= 4 is 5.78 Å². The Morgan fingerprint density at radius 1 is 1.91 bits per heavy atom. The average Bonchev–Trinajstić information content (AvgIpc) is 2.08. The Morgan fingerprint density at radius 2 is 2.55 bits per heavy atom. The molecule has 0 saturated heterocycles. The topological polar surface area (TPSA) is 37.3 Å². The number of allylic oxidation sites excluding steroid dienone is 1. The Hall–Kier alpha value is -0.890. The quantitative estimate of drug-likeness (QED) is 0.604. The lowest BCUT2D eigenvalue weighted by Crippen LogP contribution is -2.26. The Balaban J connectivity index is 2.82. The molecule has 0 aliphatic heterocycles. The first-order chi connectivity index (χ1) is 5.08. The first kappa shape index (κ1) is 8.21. The van der Waals surface area contributed by atoms with E-state index in [0.717, 1.165) is 5.57 Å². The number of ketones is 1. The fourth-order valence-corrected chi connectivity index (χ4v) is 1.33. The van der Waals surface area contributed by atoms with Crippen LogP contribution in [0.1, 0.15) is 19.8 Å². The van der Waals surface area contributed by atoms with Crippen LogP contribution in [0.3, 0.4) is 0 Å². The monoisotopic (exact) mass is 152 g/mol. The van der Waals surface area contributed by atoms with E-state index < -0.39 is 5.60 Å². The molecule has 0 spiro atoms. The normalized spacial score (nSPS) is 30.4. The highest BCUT2D eigenvalue weighted by molar-refractivity contribution is 5.94. The first-order valence-corrected chi connectivity index (χ1v) is 3.63. The van der Waals surface area contributed by atoms with E-state index in [1.54, 1.807) is 13.0 Å². The molecular weight excluding hydrogens is 140 g/mol. The lowest BCUT2D eigenvalue weighted by Gasteiger charge is -2.21. The van der Waals surface area contributed by atoms with Gasteiger partial charge in [-0.2, -0.15) is 0 Å². The average molecular weight is 152 g/mol. The molecule has 1 aliphatic carbocycles. The molecule has 0 fully saturated rings. The molecular formula is C9H12O2. The molecule has 0 heterocycles. The van der Waals surface area contributed by atoms with E-state index >= 15 is 0 Å².